The van der Waals surface area contributed by atoms with Crippen molar-refractivity contribution < 1.29 is 0 Å². The molecule has 0 fully saturated rings. The van der Waals surface area contributed by atoms with Crippen LogP contribution in [0.5, 0.6) is 0 Å². The first kappa shape index (κ1) is 14.0. The standard InChI is InChI=1S/C11H15N5OS2/c1-3-4-12-10-16-15-9(19-10)6-18-11-13-7(2)5-8(17)14-11/h5H,3-4,6H2,1-2H3,(H,12,16)(H,13,14,17). The number of aryl methyl sites for hydroxylation is 1. The van der Waals surface area contributed by atoms with Crippen molar-refractivity contribution in [1.29, 1.82) is 0 Å². The van der Waals surface area contributed by atoms with Crippen LogP contribution in [0.1, 0.15) is 24.0 Å². The van der Waals surface area contributed by atoms with Crippen molar-refractivity contribution in [1.82, 2.24) is 20.2 Å². The van der Waals surface area contributed by atoms with Crippen LogP contribution >= 0.6 is 23.1 Å². The second kappa shape index (κ2) is 6.67. The average molecular weight is 297 g/mol. The number of H-pyrrole nitrogens is 1. The molecule has 102 valence electrons. The smallest absolute Gasteiger partial charge is 0.251 e. The summed E-state index contributed by atoms with van der Waals surface area (Å²) in [6.45, 7) is 4.80. The molecule has 0 amide bonds. The van der Waals surface area contributed by atoms with E-state index in [0.29, 0.717) is 16.6 Å². The summed E-state index contributed by atoms with van der Waals surface area (Å²) in [6, 6.07) is 1.47. The van der Waals surface area contributed by atoms with Gasteiger partial charge in [-0.1, -0.05) is 30.0 Å². The Morgan fingerprint density at radius 3 is 3.05 bits per heavy atom. The van der Waals surface area contributed by atoms with Crippen molar-refractivity contribution in [2.45, 2.75) is 31.2 Å². The van der Waals surface area contributed by atoms with Crippen LogP contribution in [0.15, 0.2) is 16.0 Å². The lowest BCUT2D eigenvalue weighted by atomic mass is 10.5. The predicted molar refractivity (Wildman–Crippen MR) is 77.8 cm³/mol. The Morgan fingerprint density at radius 1 is 1.47 bits per heavy atom. The van der Waals surface area contributed by atoms with Gasteiger partial charge in [0.25, 0.3) is 5.56 Å². The maximum atomic E-state index is 11.3. The first-order chi connectivity index (χ1) is 9.17. The van der Waals surface area contributed by atoms with E-state index in [0.717, 1.165) is 23.1 Å². The summed E-state index contributed by atoms with van der Waals surface area (Å²) < 4.78 is 0. The molecule has 2 aromatic heterocycles. The minimum absolute atomic E-state index is 0.127. The maximum Gasteiger partial charge on any atom is 0.251 e. The second-order valence-corrected chi connectivity index (χ2v) is 5.93. The van der Waals surface area contributed by atoms with Crippen LogP contribution in [0.4, 0.5) is 5.13 Å². The fourth-order valence-electron chi connectivity index (χ4n) is 1.37. The Labute approximate surface area is 119 Å². The molecule has 2 rings (SSSR count). The van der Waals surface area contributed by atoms with Crippen molar-refractivity contribution >= 4 is 28.2 Å². The number of aromatic amines is 1. The number of nitrogens with one attached hydrogen (secondary N) is 2. The molecule has 19 heavy (non-hydrogen) atoms. The molecule has 0 saturated carbocycles. The Hall–Kier alpha value is -1.41. The molecule has 0 aromatic carbocycles. The summed E-state index contributed by atoms with van der Waals surface area (Å²) in [4.78, 5) is 18.3. The summed E-state index contributed by atoms with van der Waals surface area (Å²) >= 11 is 2.98. The van der Waals surface area contributed by atoms with Crippen LogP contribution in [-0.4, -0.2) is 26.7 Å². The Bertz CT molecular complexity index is 595. The average Bonchev–Trinajstić information content (AvgIpc) is 2.81. The summed E-state index contributed by atoms with van der Waals surface area (Å²) in [7, 11) is 0. The minimum atomic E-state index is -0.127. The SMILES string of the molecule is CCCNc1nnc(CSc2nc(C)cc(=O)[nH]2)s1. The lowest BCUT2D eigenvalue weighted by Crippen LogP contribution is -2.07. The van der Waals surface area contributed by atoms with Gasteiger partial charge in [0.05, 0.1) is 5.75 Å². The van der Waals surface area contributed by atoms with Crippen molar-refractivity contribution in [3.8, 4) is 0 Å². The van der Waals surface area contributed by atoms with Crippen molar-refractivity contribution in [3.05, 3.63) is 27.1 Å². The lowest BCUT2D eigenvalue weighted by molar-refractivity contribution is 0.903. The highest BCUT2D eigenvalue weighted by atomic mass is 32.2. The number of hydrogen-bond acceptors (Lipinski definition) is 7. The van der Waals surface area contributed by atoms with E-state index in [1.165, 1.54) is 29.2 Å². The van der Waals surface area contributed by atoms with Crippen LogP contribution in [-0.2, 0) is 5.75 Å². The molecular formula is C11H15N5OS2. The molecule has 0 radical (unpaired) electrons. The number of anilines is 1. The number of thioether (sulfide) groups is 1. The van der Waals surface area contributed by atoms with Crippen molar-refractivity contribution in [3.63, 3.8) is 0 Å². The van der Waals surface area contributed by atoms with E-state index in [-0.39, 0.29) is 5.56 Å². The number of nitrogens with zero attached hydrogens (tertiary/aromatic N) is 3. The third-order valence-electron chi connectivity index (χ3n) is 2.17. The molecule has 2 aromatic rings. The van der Waals surface area contributed by atoms with Gasteiger partial charge in [-0.3, -0.25) is 4.79 Å². The first-order valence-corrected chi connectivity index (χ1v) is 7.74. The molecule has 0 bridgehead atoms. The summed E-state index contributed by atoms with van der Waals surface area (Å²) in [5, 5.41) is 13.7. The van der Waals surface area contributed by atoms with Gasteiger partial charge in [0.2, 0.25) is 5.13 Å². The molecule has 2 N–H and O–H groups in total. The van der Waals surface area contributed by atoms with E-state index in [1.54, 1.807) is 6.92 Å². The quantitative estimate of drug-likeness (QED) is 0.627. The van der Waals surface area contributed by atoms with Gasteiger partial charge in [-0.2, -0.15) is 0 Å². The molecule has 0 saturated heterocycles. The van der Waals surface area contributed by atoms with E-state index < -0.39 is 0 Å². The van der Waals surface area contributed by atoms with Crippen LogP contribution in [0.3, 0.4) is 0 Å². The number of rotatable bonds is 6. The van der Waals surface area contributed by atoms with Gasteiger partial charge in [0, 0.05) is 18.3 Å². The van der Waals surface area contributed by atoms with Crippen LogP contribution in [0.2, 0.25) is 0 Å². The van der Waals surface area contributed by atoms with Crippen LogP contribution < -0.4 is 10.9 Å². The van der Waals surface area contributed by atoms with E-state index in [2.05, 4.69) is 32.4 Å². The third-order valence-corrected chi connectivity index (χ3v) is 4.12. The van der Waals surface area contributed by atoms with Gasteiger partial charge in [-0.15, -0.1) is 10.2 Å². The van der Waals surface area contributed by atoms with Gasteiger partial charge in [0.1, 0.15) is 5.01 Å². The molecule has 0 aliphatic heterocycles. The molecule has 0 aliphatic carbocycles. The fraction of sp³-hybridized carbons (Fsp3) is 0.455. The summed E-state index contributed by atoms with van der Waals surface area (Å²) in [5.74, 6) is 0.651. The Morgan fingerprint density at radius 2 is 2.32 bits per heavy atom. The molecule has 0 atom stereocenters. The van der Waals surface area contributed by atoms with Gasteiger partial charge < -0.3 is 10.3 Å². The molecule has 8 heteroatoms. The topological polar surface area (TPSA) is 83.6 Å². The Balaban J connectivity index is 1.94. The zero-order valence-corrected chi connectivity index (χ0v) is 12.4. The number of aromatic nitrogens is 4. The van der Waals surface area contributed by atoms with Gasteiger partial charge >= 0.3 is 0 Å². The lowest BCUT2D eigenvalue weighted by Gasteiger charge is -1.98. The molecule has 6 nitrogen and oxygen atoms in total. The maximum absolute atomic E-state index is 11.3. The highest BCUT2D eigenvalue weighted by Gasteiger charge is 2.06. The van der Waals surface area contributed by atoms with Crippen molar-refractivity contribution in [2.24, 2.45) is 0 Å². The fourth-order valence-corrected chi connectivity index (χ4v) is 3.04. The largest absolute Gasteiger partial charge is 0.360 e. The van der Waals surface area contributed by atoms with Gasteiger partial charge in [0.15, 0.2) is 5.16 Å². The van der Waals surface area contributed by atoms with Gasteiger partial charge in [-0.05, 0) is 13.3 Å². The summed E-state index contributed by atoms with van der Waals surface area (Å²) in [5.41, 5.74) is 0.589. The van der Waals surface area contributed by atoms with E-state index in [4.69, 9.17) is 0 Å². The number of hydrogen-bond donors (Lipinski definition) is 2. The highest BCUT2D eigenvalue weighted by Crippen LogP contribution is 2.23. The predicted octanol–water partition coefficient (Wildman–Crippen LogP) is 2.04. The molecule has 0 spiro atoms. The van der Waals surface area contributed by atoms with Gasteiger partial charge in [-0.25, -0.2) is 4.98 Å². The van der Waals surface area contributed by atoms with E-state index in [9.17, 15) is 4.79 Å². The first-order valence-electron chi connectivity index (χ1n) is 5.94. The normalized spacial score (nSPS) is 10.6. The highest BCUT2D eigenvalue weighted by molar-refractivity contribution is 7.98. The molecular weight excluding hydrogens is 282 g/mol. The molecule has 2 heterocycles. The molecule has 0 aliphatic rings. The summed E-state index contributed by atoms with van der Waals surface area (Å²) in [6.07, 6.45) is 1.05. The van der Waals surface area contributed by atoms with Crippen LogP contribution in [0.25, 0.3) is 0 Å². The van der Waals surface area contributed by atoms with E-state index in [1.807, 2.05) is 0 Å². The van der Waals surface area contributed by atoms with Crippen molar-refractivity contribution in [2.75, 3.05) is 11.9 Å². The van der Waals surface area contributed by atoms with Crippen LogP contribution in [0, 0.1) is 6.92 Å². The second-order valence-electron chi connectivity index (χ2n) is 3.91. The molecule has 0 unspecified atom stereocenters. The monoisotopic (exact) mass is 297 g/mol. The Kier molecular flexibility index (Phi) is 4.92. The van der Waals surface area contributed by atoms with E-state index >= 15 is 0 Å². The minimum Gasteiger partial charge on any atom is -0.360 e. The third kappa shape index (κ3) is 4.32. The zero-order chi connectivity index (χ0) is 13.7. The zero-order valence-electron chi connectivity index (χ0n) is 10.8.